The maximum Gasteiger partial charge on any atom is 0.406 e. The maximum absolute atomic E-state index is 10.9. The first-order valence-electron chi connectivity index (χ1n) is 6.18. The number of hydrogen-bond acceptors (Lipinski definition) is 8. The van der Waals surface area contributed by atoms with Crippen molar-refractivity contribution in [2.45, 2.75) is 6.61 Å². The number of nitro groups is 1. The predicted octanol–water partition coefficient (Wildman–Crippen LogP) is 2.48. The fraction of sp³-hybridized carbons (Fsp3) is 0.0769. The van der Waals surface area contributed by atoms with Crippen molar-refractivity contribution < 1.29 is 9.66 Å². The topological polar surface area (TPSA) is 104 Å². The Labute approximate surface area is 128 Å². The third-order valence-electron chi connectivity index (χ3n) is 2.61. The van der Waals surface area contributed by atoms with E-state index in [9.17, 15) is 10.1 Å². The Bertz CT molecular complexity index is 793. The van der Waals surface area contributed by atoms with Gasteiger partial charge in [-0.15, -0.1) is 11.3 Å². The molecule has 0 atom stereocenters. The highest BCUT2D eigenvalue weighted by Gasteiger charge is 2.16. The van der Waals surface area contributed by atoms with Crippen molar-refractivity contribution in [2.75, 3.05) is 0 Å². The molecule has 0 bridgehead atoms. The maximum atomic E-state index is 10.9. The first-order chi connectivity index (χ1) is 10.7. The number of aromatic nitrogens is 4. The minimum atomic E-state index is -0.584. The van der Waals surface area contributed by atoms with Crippen LogP contribution in [0.2, 0.25) is 0 Å². The van der Waals surface area contributed by atoms with Gasteiger partial charge < -0.3 is 14.9 Å². The lowest BCUT2D eigenvalue weighted by atomic mass is 10.4. The van der Waals surface area contributed by atoms with Crippen LogP contribution < -0.4 is 4.74 Å². The highest BCUT2D eigenvalue weighted by molar-refractivity contribution is 7.13. The highest BCUT2D eigenvalue weighted by atomic mass is 32.1. The van der Waals surface area contributed by atoms with Crippen LogP contribution >= 0.6 is 11.3 Å². The molecule has 0 unspecified atom stereocenters. The fourth-order valence-corrected chi connectivity index (χ4v) is 2.42. The Morgan fingerprint density at radius 2 is 1.95 bits per heavy atom. The number of nitrogens with zero attached hydrogens (tertiary/aromatic N) is 5. The van der Waals surface area contributed by atoms with Crippen LogP contribution in [-0.2, 0) is 6.61 Å². The van der Waals surface area contributed by atoms with E-state index < -0.39 is 4.92 Å². The highest BCUT2D eigenvalue weighted by Crippen LogP contribution is 2.25. The second-order valence-corrected chi connectivity index (χ2v) is 4.95. The molecule has 3 rings (SSSR count). The van der Waals surface area contributed by atoms with Gasteiger partial charge in [0.05, 0.1) is 5.69 Å². The van der Waals surface area contributed by atoms with Crippen LogP contribution in [0.4, 0.5) is 5.82 Å². The monoisotopic (exact) mass is 315 g/mol. The van der Waals surface area contributed by atoms with E-state index in [0.29, 0.717) is 16.5 Å². The molecule has 9 heteroatoms. The van der Waals surface area contributed by atoms with Gasteiger partial charge in [-0.05, 0) is 28.1 Å². The van der Waals surface area contributed by atoms with Gasteiger partial charge in [-0.25, -0.2) is 15.0 Å². The van der Waals surface area contributed by atoms with Crippen LogP contribution in [0.1, 0.15) is 5.69 Å². The molecule has 0 saturated heterocycles. The van der Waals surface area contributed by atoms with Crippen molar-refractivity contribution in [1.29, 1.82) is 0 Å². The van der Waals surface area contributed by atoms with E-state index in [0.717, 1.165) is 0 Å². The predicted molar refractivity (Wildman–Crippen MR) is 78.4 cm³/mol. The fourth-order valence-electron chi connectivity index (χ4n) is 1.67. The summed E-state index contributed by atoms with van der Waals surface area (Å²) in [6, 6.07) is 4.80. The Morgan fingerprint density at radius 1 is 1.18 bits per heavy atom. The third kappa shape index (κ3) is 3.04. The molecule has 0 amide bonds. The molecule has 0 aromatic carbocycles. The van der Waals surface area contributed by atoms with E-state index in [1.165, 1.54) is 23.6 Å². The van der Waals surface area contributed by atoms with Gasteiger partial charge in [0.1, 0.15) is 12.8 Å². The molecule has 3 heterocycles. The smallest absolute Gasteiger partial charge is 0.406 e. The molecule has 0 spiro atoms. The Morgan fingerprint density at radius 3 is 2.73 bits per heavy atom. The summed E-state index contributed by atoms with van der Waals surface area (Å²) in [5, 5.41) is 13.3. The lowest BCUT2D eigenvalue weighted by Crippen LogP contribution is -2.01. The molecule has 3 aromatic heterocycles. The molecule has 22 heavy (non-hydrogen) atoms. The summed E-state index contributed by atoms with van der Waals surface area (Å²) in [7, 11) is 0. The van der Waals surface area contributed by atoms with Gasteiger partial charge >= 0.3 is 5.82 Å². The SMILES string of the molecule is O=[N+]([O-])c1ncccc1OCc1csc(-c2ncccn2)n1. The second kappa shape index (κ2) is 6.22. The molecule has 0 aliphatic heterocycles. The van der Waals surface area contributed by atoms with Crippen LogP contribution in [0.15, 0.2) is 42.2 Å². The van der Waals surface area contributed by atoms with Crippen molar-refractivity contribution in [3.05, 3.63) is 58.0 Å². The van der Waals surface area contributed by atoms with Gasteiger partial charge in [0.25, 0.3) is 0 Å². The molecule has 110 valence electrons. The number of ether oxygens (including phenoxy) is 1. The number of thiazole rings is 1. The van der Waals surface area contributed by atoms with Gasteiger partial charge in [0, 0.05) is 17.8 Å². The number of rotatable bonds is 5. The van der Waals surface area contributed by atoms with E-state index in [1.54, 1.807) is 29.9 Å². The van der Waals surface area contributed by atoms with Crippen molar-refractivity contribution in [3.8, 4) is 16.6 Å². The summed E-state index contributed by atoms with van der Waals surface area (Å²) in [5.74, 6) is 0.327. The van der Waals surface area contributed by atoms with Gasteiger partial charge in [0.15, 0.2) is 10.8 Å². The molecular formula is C13H9N5O3S. The zero-order valence-electron chi connectivity index (χ0n) is 11.1. The van der Waals surface area contributed by atoms with Crippen LogP contribution in [0.25, 0.3) is 10.8 Å². The van der Waals surface area contributed by atoms with Crippen molar-refractivity contribution in [3.63, 3.8) is 0 Å². The molecular weight excluding hydrogens is 306 g/mol. The van der Waals surface area contributed by atoms with Gasteiger partial charge in [-0.2, -0.15) is 0 Å². The van der Waals surface area contributed by atoms with Crippen molar-refractivity contribution in [2.24, 2.45) is 0 Å². The van der Waals surface area contributed by atoms with Crippen LogP contribution in [-0.4, -0.2) is 24.9 Å². The number of hydrogen-bond donors (Lipinski definition) is 0. The lowest BCUT2D eigenvalue weighted by Gasteiger charge is -2.03. The third-order valence-corrected chi connectivity index (χ3v) is 3.50. The summed E-state index contributed by atoms with van der Waals surface area (Å²) >= 11 is 1.38. The molecule has 0 fully saturated rings. The van der Waals surface area contributed by atoms with E-state index >= 15 is 0 Å². The number of pyridine rings is 1. The zero-order valence-corrected chi connectivity index (χ0v) is 11.9. The van der Waals surface area contributed by atoms with E-state index in [2.05, 4.69) is 19.9 Å². The standard InChI is InChI=1S/C13H9N5O3S/c19-18(20)12-10(3-1-4-16-12)21-7-9-8-22-13(17-9)11-14-5-2-6-15-11/h1-6,8H,7H2. The Hall–Kier alpha value is -2.94. The van der Waals surface area contributed by atoms with Crippen molar-refractivity contribution in [1.82, 2.24) is 19.9 Å². The van der Waals surface area contributed by atoms with E-state index in [1.807, 2.05) is 0 Å². The Kier molecular flexibility index (Phi) is 3.97. The molecule has 0 aliphatic carbocycles. The Balaban J connectivity index is 1.73. The van der Waals surface area contributed by atoms with Crippen molar-refractivity contribution >= 4 is 17.2 Å². The molecule has 0 aliphatic rings. The minimum absolute atomic E-state index is 0.107. The largest absolute Gasteiger partial charge is 0.479 e. The molecule has 0 N–H and O–H groups in total. The van der Waals surface area contributed by atoms with Crippen LogP contribution in [0.3, 0.4) is 0 Å². The van der Waals surface area contributed by atoms with Gasteiger partial charge in [-0.3, -0.25) is 0 Å². The zero-order chi connectivity index (χ0) is 15.4. The van der Waals surface area contributed by atoms with Crippen LogP contribution in [0, 0.1) is 10.1 Å². The first-order valence-corrected chi connectivity index (χ1v) is 7.06. The lowest BCUT2D eigenvalue weighted by molar-refractivity contribution is -0.390. The van der Waals surface area contributed by atoms with E-state index in [-0.39, 0.29) is 18.2 Å². The minimum Gasteiger partial charge on any atom is -0.479 e. The summed E-state index contributed by atoms with van der Waals surface area (Å²) in [6.07, 6.45) is 4.62. The second-order valence-electron chi connectivity index (χ2n) is 4.09. The molecule has 8 nitrogen and oxygen atoms in total. The van der Waals surface area contributed by atoms with Gasteiger partial charge in [0.2, 0.25) is 5.75 Å². The summed E-state index contributed by atoms with van der Waals surface area (Å²) in [4.78, 5) is 26.5. The van der Waals surface area contributed by atoms with E-state index in [4.69, 9.17) is 4.74 Å². The quantitative estimate of drug-likeness (QED) is 0.526. The molecule has 0 saturated carbocycles. The normalized spacial score (nSPS) is 10.4. The molecule has 0 radical (unpaired) electrons. The average molecular weight is 315 g/mol. The molecule has 3 aromatic rings. The summed E-state index contributed by atoms with van der Waals surface area (Å²) in [6.45, 7) is 0.107. The van der Waals surface area contributed by atoms with Gasteiger partial charge in [-0.1, -0.05) is 0 Å². The summed E-state index contributed by atoms with van der Waals surface area (Å²) in [5.41, 5.74) is 0.644. The first kappa shape index (κ1) is 14.0. The average Bonchev–Trinajstić information content (AvgIpc) is 3.03. The van der Waals surface area contributed by atoms with Crippen LogP contribution in [0.5, 0.6) is 5.75 Å². The summed E-state index contributed by atoms with van der Waals surface area (Å²) < 4.78 is 5.43.